The Morgan fingerprint density at radius 3 is 2.47 bits per heavy atom. The lowest BCUT2D eigenvalue weighted by Gasteiger charge is -2.34. The van der Waals surface area contributed by atoms with Gasteiger partial charge in [-0.25, -0.2) is 9.97 Å². The van der Waals surface area contributed by atoms with Crippen LogP contribution >= 0.6 is 23.1 Å². The number of aromatic nitrogens is 2. The molecule has 2 fully saturated rings. The topological polar surface area (TPSA) is 64.6 Å². The Morgan fingerprint density at radius 1 is 1.07 bits per heavy atom. The smallest absolute Gasteiger partial charge is 0.289 e. The van der Waals surface area contributed by atoms with Gasteiger partial charge in [-0.3, -0.25) is 9.69 Å². The molecular formula is C21H32N6OS2. The molecule has 0 spiro atoms. The summed E-state index contributed by atoms with van der Waals surface area (Å²) in [6, 6.07) is 0. The second kappa shape index (κ2) is 10.3. The number of rotatable bonds is 7. The maximum atomic E-state index is 12.8. The summed E-state index contributed by atoms with van der Waals surface area (Å²) < 4.78 is 0. The van der Waals surface area contributed by atoms with Crippen molar-refractivity contribution < 1.29 is 4.79 Å². The van der Waals surface area contributed by atoms with E-state index in [0.717, 1.165) is 74.0 Å². The van der Waals surface area contributed by atoms with Crippen LogP contribution in [0.3, 0.4) is 0 Å². The van der Waals surface area contributed by atoms with Gasteiger partial charge in [0, 0.05) is 74.1 Å². The normalized spacial score (nSPS) is 18.8. The number of nitrogens with one attached hydrogen (secondary N) is 1. The van der Waals surface area contributed by atoms with Gasteiger partial charge < -0.3 is 15.1 Å². The van der Waals surface area contributed by atoms with Crippen LogP contribution in [0, 0.1) is 6.92 Å². The number of anilines is 1. The summed E-state index contributed by atoms with van der Waals surface area (Å²) in [6.45, 7) is 13.4. The minimum Gasteiger partial charge on any atom is -0.354 e. The molecule has 9 heteroatoms. The van der Waals surface area contributed by atoms with Crippen molar-refractivity contribution >= 4 is 45.7 Å². The molecule has 1 amide bonds. The van der Waals surface area contributed by atoms with Crippen LogP contribution in [0.25, 0.3) is 10.9 Å². The molecule has 30 heavy (non-hydrogen) atoms. The van der Waals surface area contributed by atoms with Crippen molar-refractivity contribution in [3.8, 4) is 0 Å². The van der Waals surface area contributed by atoms with E-state index in [-0.39, 0.29) is 5.91 Å². The SMILES string of the molecule is CCCN1CCN(CCNC(=O)c2nc(N3CCSCC3)c3c(C)scc3n2)CC1. The average molecular weight is 449 g/mol. The number of carbonyl (C=O) groups excluding carboxylic acids is 1. The second-order valence-electron chi connectivity index (χ2n) is 7.96. The van der Waals surface area contributed by atoms with Crippen molar-refractivity contribution in [1.29, 1.82) is 0 Å². The largest absolute Gasteiger partial charge is 0.354 e. The molecule has 0 bridgehead atoms. The highest BCUT2D eigenvalue weighted by molar-refractivity contribution is 7.99. The van der Waals surface area contributed by atoms with Crippen LogP contribution in [0.2, 0.25) is 0 Å². The summed E-state index contributed by atoms with van der Waals surface area (Å²) in [5.74, 6) is 3.25. The predicted molar refractivity (Wildman–Crippen MR) is 127 cm³/mol. The van der Waals surface area contributed by atoms with Gasteiger partial charge in [0.2, 0.25) is 5.82 Å². The number of carbonyl (C=O) groups is 1. The number of amides is 1. The molecule has 0 unspecified atom stereocenters. The highest BCUT2D eigenvalue weighted by Crippen LogP contribution is 2.32. The lowest BCUT2D eigenvalue weighted by atomic mass is 10.2. The Kier molecular flexibility index (Phi) is 7.45. The van der Waals surface area contributed by atoms with Gasteiger partial charge in [-0.05, 0) is 19.9 Å². The molecule has 1 N–H and O–H groups in total. The van der Waals surface area contributed by atoms with Crippen molar-refractivity contribution in [3.63, 3.8) is 0 Å². The zero-order chi connectivity index (χ0) is 20.9. The Balaban J connectivity index is 1.38. The lowest BCUT2D eigenvalue weighted by molar-refractivity contribution is 0.0926. The molecule has 164 valence electrons. The van der Waals surface area contributed by atoms with Gasteiger partial charge >= 0.3 is 0 Å². The second-order valence-corrected chi connectivity index (χ2v) is 10.3. The molecule has 2 saturated heterocycles. The third-order valence-electron chi connectivity index (χ3n) is 5.85. The molecule has 0 atom stereocenters. The van der Waals surface area contributed by atoms with E-state index in [0.29, 0.717) is 12.4 Å². The van der Waals surface area contributed by atoms with Crippen molar-refractivity contribution in [2.45, 2.75) is 20.3 Å². The molecule has 0 saturated carbocycles. The molecule has 0 radical (unpaired) electrons. The first kappa shape index (κ1) is 21.8. The fourth-order valence-corrected chi connectivity index (χ4v) is 5.83. The Morgan fingerprint density at radius 2 is 1.77 bits per heavy atom. The first-order chi connectivity index (χ1) is 14.7. The molecule has 4 rings (SSSR count). The summed E-state index contributed by atoms with van der Waals surface area (Å²) in [4.78, 5) is 30.6. The molecule has 0 aliphatic carbocycles. The van der Waals surface area contributed by atoms with Gasteiger partial charge in [-0.15, -0.1) is 11.3 Å². The van der Waals surface area contributed by atoms with E-state index >= 15 is 0 Å². The van der Waals surface area contributed by atoms with Crippen LogP contribution in [0.4, 0.5) is 5.82 Å². The maximum absolute atomic E-state index is 12.8. The quantitative estimate of drug-likeness (QED) is 0.697. The number of aryl methyl sites for hydroxylation is 1. The van der Waals surface area contributed by atoms with Crippen LogP contribution in [0.5, 0.6) is 0 Å². The van der Waals surface area contributed by atoms with Crippen molar-refractivity contribution in [3.05, 3.63) is 16.1 Å². The third kappa shape index (κ3) is 5.07. The standard InChI is InChI=1S/C21H32N6OS2/c1-3-5-25-7-9-26(10-8-25)6-4-22-21(28)19-23-17-15-30-16(2)18(17)20(24-19)27-11-13-29-14-12-27/h15H,3-14H2,1-2H3,(H,22,28). The Hall–Kier alpha value is -1.42. The lowest BCUT2D eigenvalue weighted by Crippen LogP contribution is -2.48. The van der Waals surface area contributed by atoms with E-state index in [1.807, 2.05) is 17.1 Å². The molecule has 4 heterocycles. The minimum atomic E-state index is -0.169. The molecule has 2 aromatic rings. The third-order valence-corrected chi connectivity index (χ3v) is 7.69. The Labute approximate surface area is 187 Å². The van der Waals surface area contributed by atoms with E-state index in [1.165, 1.54) is 17.8 Å². The highest BCUT2D eigenvalue weighted by atomic mass is 32.2. The van der Waals surface area contributed by atoms with Gasteiger partial charge in [-0.1, -0.05) is 6.92 Å². The van der Waals surface area contributed by atoms with E-state index in [1.54, 1.807) is 11.3 Å². The fraction of sp³-hybridized carbons (Fsp3) is 0.667. The van der Waals surface area contributed by atoms with E-state index in [4.69, 9.17) is 4.98 Å². The molecular weight excluding hydrogens is 416 g/mol. The van der Waals surface area contributed by atoms with Gasteiger partial charge in [0.15, 0.2) is 0 Å². The molecule has 2 aromatic heterocycles. The van der Waals surface area contributed by atoms with Gasteiger partial charge in [0.1, 0.15) is 5.82 Å². The van der Waals surface area contributed by atoms with Gasteiger partial charge in [0.05, 0.1) is 10.9 Å². The predicted octanol–water partition coefficient (Wildman–Crippen LogP) is 2.31. The van der Waals surface area contributed by atoms with E-state index < -0.39 is 0 Å². The first-order valence-corrected chi connectivity index (χ1v) is 13.0. The average Bonchev–Trinajstić information content (AvgIpc) is 3.16. The molecule has 0 aromatic carbocycles. The van der Waals surface area contributed by atoms with Crippen LogP contribution < -0.4 is 10.2 Å². The summed E-state index contributed by atoms with van der Waals surface area (Å²) >= 11 is 3.65. The van der Waals surface area contributed by atoms with E-state index in [9.17, 15) is 4.79 Å². The minimum absolute atomic E-state index is 0.169. The fourth-order valence-electron chi connectivity index (χ4n) is 4.16. The first-order valence-electron chi connectivity index (χ1n) is 11.0. The molecule has 2 aliphatic heterocycles. The van der Waals surface area contributed by atoms with Crippen molar-refractivity contribution in [1.82, 2.24) is 25.1 Å². The highest BCUT2D eigenvalue weighted by Gasteiger charge is 2.22. The number of thiophene rings is 1. The maximum Gasteiger partial charge on any atom is 0.289 e. The molecule has 2 aliphatic rings. The van der Waals surface area contributed by atoms with Crippen LogP contribution in [-0.2, 0) is 0 Å². The summed E-state index contributed by atoms with van der Waals surface area (Å²) in [5, 5.41) is 6.19. The number of fused-ring (bicyclic) bond motifs is 1. The monoisotopic (exact) mass is 448 g/mol. The van der Waals surface area contributed by atoms with Crippen LogP contribution in [0.15, 0.2) is 5.38 Å². The van der Waals surface area contributed by atoms with Crippen molar-refractivity contribution in [2.75, 3.05) is 75.3 Å². The summed E-state index contributed by atoms with van der Waals surface area (Å²) in [5.41, 5.74) is 0.887. The Bertz CT molecular complexity index is 859. The van der Waals surface area contributed by atoms with Crippen LogP contribution in [-0.4, -0.2) is 96.1 Å². The summed E-state index contributed by atoms with van der Waals surface area (Å²) in [7, 11) is 0. The number of piperazine rings is 1. The molecule has 7 nitrogen and oxygen atoms in total. The van der Waals surface area contributed by atoms with Crippen molar-refractivity contribution in [2.24, 2.45) is 0 Å². The van der Waals surface area contributed by atoms with Crippen LogP contribution in [0.1, 0.15) is 28.8 Å². The van der Waals surface area contributed by atoms with Gasteiger partial charge in [-0.2, -0.15) is 11.8 Å². The number of thioether (sulfide) groups is 1. The number of nitrogens with zero attached hydrogens (tertiary/aromatic N) is 5. The van der Waals surface area contributed by atoms with Gasteiger partial charge in [0.25, 0.3) is 5.91 Å². The zero-order valence-electron chi connectivity index (χ0n) is 18.0. The number of hydrogen-bond acceptors (Lipinski definition) is 8. The number of hydrogen-bond donors (Lipinski definition) is 1. The zero-order valence-corrected chi connectivity index (χ0v) is 19.7. The summed E-state index contributed by atoms with van der Waals surface area (Å²) in [6.07, 6.45) is 1.21. The van der Waals surface area contributed by atoms with E-state index in [2.05, 4.69) is 38.8 Å².